The lowest BCUT2D eigenvalue weighted by Crippen LogP contribution is -2.48. The molecule has 0 aliphatic carbocycles. The minimum atomic E-state index is -1.60. The summed E-state index contributed by atoms with van der Waals surface area (Å²) >= 11 is 0. The summed E-state index contributed by atoms with van der Waals surface area (Å²) in [7, 11) is 0. The second kappa shape index (κ2) is 17.7. The Morgan fingerprint density at radius 3 is 2.29 bits per heavy atom. The van der Waals surface area contributed by atoms with Gasteiger partial charge in [0.15, 0.2) is 0 Å². The molecule has 2 heterocycles. The summed E-state index contributed by atoms with van der Waals surface area (Å²) in [4.78, 5) is 29.0. The first-order valence-corrected chi connectivity index (χ1v) is 17.8. The fraction of sp³-hybridized carbons (Fsp3) is 0.590. The lowest BCUT2D eigenvalue weighted by molar-refractivity contribution is -0.162. The van der Waals surface area contributed by atoms with E-state index in [0.717, 1.165) is 16.5 Å². The predicted molar refractivity (Wildman–Crippen MR) is 189 cm³/mol. The molecule has 0 fully saturated rings. The van der Waals surface area contributed by atoms with Crippen LogP contribution in [0.1, 0.15) is 97.0 Å². The van der Waals surface area contributed by atoms with Crippen molar-refractivity contribution in [1.29, 1.82) is 0 Å². The van der Waals surface area contributed by atoms with E-state index in [1.807, 2.05) is 36.1 Å². The molecule has 0 saturated carbocycles. The van der Waals surface area contributed by atoms with Crippen molar-refractivity contribution >= 4 is 22.8 Å². The van der Waals surface area contributed by atoms with E-state index in [1.54, 1.807) is 27.7 Å². The summed E-state index contributed by atoms with van der Waals surface area (Å²) in [6.45, 7) is 12.2. The third-order valence-electron chi connectivity index (χ3n) is 8.54. The smallest absolute Gasteiger partial charge is 0.332 e. The molecule has 3 atom stereocenters. The number of nitrogens with one attached hydrogen (secondary N) is 1. The molecule has 282 valence electrons. The standard InChI is InChI=1S/C39H53F3N2O7/c1-8-48-33(45)22-47-17-11-13-26(50-23-34(46)51-38(3,4)5)14-12-18-49-27-20-30(40)35(31(41)21-27)37-36-29(28-15-9-10-16-32(28)43-36)19-25(2)44(37)24-39(6,7)42/h9-10,15-16,20-21,25-26,37,43H,8,11-14,17-19,22-24H2,1-7H3/t25-,26?,37-/m1/s1. The number of para-hydroxylation sites is 1. The zero-order chi connectivity index (χ0) is 37.3. The van der Waals surface area contributed by atoms with E-state index in [4.69, 9.17) is 23.7 Å². The number of alkyl halides is 1. The van der Waals surface area contributed by atoms with Gasteiger partial charge >= 0.3 is 11.9 Å². The number of halogens is 3. The van der Waals surface area contributed by atoms with Crippen molar-refractivity contribution in [2.75, 3.05) is 39.6 Å². The minimum Gasteiger partial charge on any atom is -0.493 e. The van der Waals surface area contributed by atoms with Crippen LogP contribution in [0.15, 0.2) is 36.4 Å². The first-order chi connectivity index (χ1) is 24.1. The van der Waals surface area contributed by atoms with E-state index < -0.39 is 40.9 Å². The Labute approximate surface area is 299 Å². The van der Waals surface area contributed by atoms with E-state index >= 15 is 13.2 Å². The molecule has 3 aromatic rings. The van der Waals surface area contributed by atoms with Crippen LogP contribution in [0.4, 0.5) is 13.2 Å². The number of rotatable bonds is 18. The van der Waals surface area contributed by atoms with Crippen molar-refractivity contribution in [1.82, 2.24) is 9.88 Å². The Morgan fingerprint density at radius 1 is 0.980 bits per heavy atom. The van der Waals surface area contributed by atoms with E-state index in [0.29, 0.717) is 44.4 Å². The maximum absolute atomic E-state index is 16.0. The molecule has 12 heteroatoms. The number of hydrogen-bond acceptors (Lipinski definition) is 8. The molecule has 1 aliphatic heterocycles. The van der Waals surface area contributed by atoms with Crippen molar-refractivity contribution in [3.05, 3.63) is 64.9 Å². The second-order valence-corrected chi connectivity index (χ2v) is 14.7. The van der Waals surface area contributed by atoms with Gasteiger partial charge < -0.3 is 28.7 Å². The van der Waals surface area contributed by atoms with Crippen LogP contribution in [0.3, 0.4) is 0 Å². The molecule has 0 bridgehead atoms. The van der Waals surface area contributed by atoms with Crippen molar-refractivity contribution in [3.63, 3.8) is 0 Å². The Kier molecular flexibility index (Phi) is 14.0. The maximum Gasteiger partial charge on any atom is 0.332 e. The third kappa shape index (κ3) is 11.7. The predicted octanol–water partition coefficient (Wildman–Crippen LogP) is 7.78. The maximum atomic E-state index is 16.0. The number of carbonyl (C=O) groups excluding carboxylic acids is 2. The molecule has 1 aromatic heterocycles. The van der Waals surface area contributed by atoms with Gasteiger partial charge in [0, 0.05) is 53.5 Å². The summed E-state index contributed by atoms with van der Waals surface area (Å²) in [5.41, 5.74) is 0.0833. The Balaban J connectivity index is 1.43. The molecule has 0 spiro atoms. The minimum absolute atomic E-state index is 0.0144. The third-order valence-corrected chi connectivity index (χ3v) is 8.54. The zero-order valence-corrected chi connectivity index (χ0v) is 30.9. The first-order valence-electron chi connectivity index (χ1n) is 17.8. The highest BCUT2D eigenvalue weighted by molar-refractivity contribution is 5.85. The molecule has 1 unspecified atom stereocenters. The Bertz CT molecular complexity index is 1590. The molecule has 1 aliphatic rings. The van der Waals surface area contributed by atoms with Gasteiger partial charge in [-0.25, -0.2) is 22.8 Å². The summed E-state index contributed by atoms with van der Waals surface area (Å²) < 4.78 is 74.5. The molecular weight excluding hydrogens is 665 g/mol. The second-order valence-electron chi connectivity index (χ2n) is 14.7. The number of esters is 2. The first kappa shape index (κ1) is 40.2. The Hall–Kier alpha value is -3.61. The molecular formula is C39H53F3N2O7. The molecule has 1 N–H and O–H groups in total. The van der Waals surface area contributed by atoms with Gasteiger partial charge in [-0.15, -0.1) is 0 Å². The highest BCUT2D eigenvalue weighted by Crippen LogP contribution is 2.43. The summed E-state index contributed by atoms with van der Waals surface area (Å²) in [6.07, 6.45) is 2.30. The van der Waals surface area contributed by atoms with Gasteiger partial charge in [-0.2, -0.15) is 0 Å². The number of ether oxygens (including phenoxy) is 5. The molecule has 9 nitrogen and oxygen atoms in total. The number of nitrogens with zero attached hydrogens (tertiary/aromatic N) is 1. The highest BCUT2D eigenvalue weighted by atomic mass is 19.1. The average molecular weight is 719 g/mol. The van der Waals surface area contributed by atoms with Crippen molar-refractivity contribution in [2.45, 2.75) is 110 Å². The summed E-state index contributed by atoms with van der Waals surface area (Å²) in [5.74, 6) is -2.46. The van der Waals surface area contributed by atoms with Crippen LogP contribution in [0.25, 0.3) is 10.9 Å². The monoisotopic (exact) mass is 718 g/mol. The van der Waals surface area contributed by atoms with Gasteiger partial charge in [-0.3, -0.25) is 4.90 Å². The summed E-state index contributed by atoms with van der Waals surface area (Å²) in [5, 5.41) is 0.988. The van der Waals surface area contributed by atoms with Gasteiger partial charge in [-0.05, 0) is 92.2 Å². The van der Waals surface area contributed by atoms with Gasteiger partial charge in [-0.1, -0.05) is 18.2 Å². The van der Waals surface area contributed by atoms with Gasteiger partial charge in [0.2, 0.25) is 0 Å². The van der Waals surface area contributed by atoms with E-state index in [1.165, 1.54) is 26.0 Å². The van der Waals surface area contributed by atoms with Gasteiger partial charge in [0.25, 0.3) is 0 Å². The summed E-state index contributed by atoms with van der Waals surface area (Å²) in [6, 6.07) is 9.04. The van der Waals surface area contributed by atoms with Crippen LogP contribution in [0.2, 0.25) is 0 Å². The van der Waals surface area contributed by atoms with Crippen LogP contribution in [-0.4, -0.2) is 84.8 Å². The molecule has 4 rings (SSSR count). The fourth-order valence-electron chi connectivity index (χ4n) is 6.54. The fourth-order valence-corrected chi connectivity index (χ4v) is 6.54. The van der Waals surface area contributed by atoms with Crippen LogP contribution in [0, 0.1) is 11.6 Å². The van der Waals surface area contributed by atoms with Crippen LogP contribution in [-0.2, 0) is 35.0 Å². The number of carbonyl (C=O) groups is 2. The quantitative estimate of drug-likeness (QED) is 0.105. The highest BCUT2D eigenvalue weighted by Gasteiger charge is 2.41. The molecule has 0 saturated heterocycles. The molecule has 2 aromatic carbocycles. The lowest BCUT2D eigenvalue weighted by Gasteiger charge is -2.43. The van der Waals surface area contributed by atoms with Crippen LogP contribution < -0.4 is 4.74 Å². The largest absolute Gasteiger partial charge is 0.493 e. The van der Waals surface area contributed by atoms with E-state index in [2.05, 4.69) is 4.98 Å². The van der Waals surface area contributed by atoms with E-state index in [9.17, 15) is 9.59 Å². The van der Waals surface area contributed by atoms with Gasteiger partial charge in [0.05, 0.1) is 25.4 Å². The number of aromatic amines is 1. The van der Waals surface area contributed by atoms with Crippen LogP contribution in [0.5, 0.6) is 5.75 Å². The normalized spacial score (nSPS) is 17.3. The molecule has 0 amide bonds. The number of aromatic nitrogens is 1. The average Bonchev–Trinajstić information content (AvgIpc) is 3.39. The van der Waals surface area contributed by atoms with Gasteiger partial charge in [0.1, 0.15) is 41.9 Å². The van der Waals surface area contributed by atoms with Crippen molar-refractivity contribution in [3.8, 4) is 5.75 Å². The number of H-pyrrole nitrogens is 1. The lowest BCUT2D eigenvalue weighted by atomic mass is 9.87. The SMILES string of the molecule is CCOC(=O)COCCCC(CCCOc1cc(F)c([C@@H]2c3[nH]c4ccccc4c3C[C@@H](C)N2CC(C)(C)F)c(F)c1)OCC(=O)OC(C)(C)C. The number of fused-ring (bicyclic) bond motifs is 3. The Morgan fingerprint density at radius 2 is 1.65 bits per heavy atom. The van der Waals surface area contributed by atoms with Crippen molar-refractivity contribution in [2.24, 2.45) is 0 Å². The number of hydrogen-bond donors (Lipinski definition) is 1. The topological polar surface area (TPSA) is 99.3 Å². The zero-order valence-electron chi connectivity index (χ0n) is 30.9. The van der Waals surface area contributed by atoms with Crippen LogP contribution >= 0.6 is 0 Å². The van der Waals surface area contributed by atoms with E-state index in [-0.39, 0.29) is 56.4 Å². The molecule has 0 radical (unpaired) electrons. The molecule has 51 heavy (non-hydrogen) atoms. The number of benzene rings is 2. The van der Waals surface area contributed by atoms with Crippen molar-refractivity contribution < 1.29 is 46.4 Å².